The first-order valence-corrected chi connectivity index (χ1v) is 7.39. The molecule has 0 atom stereocenters. The molecule has 0 unspecified atom stereocenters. The average molecular weight is 333 g/mol. The van der Waals surface area contributed by atoms with E-state index in [2.05, 4.69) is 10.1 Å². The van der Waals surface area contributed by atoms with E-state index in [0.717, 1.165) is 11.1 Å². The molecule has 25 heavy (non-hydrogen) atoms. The summed E-state index contributed by atoms with van der Waals surface area (Å²) < 4.78 is 6.94. The van der Waals surface area contributed by atoms with Crippen molar-refractivity contribution >= 4 is 17.9 Å². The molecule has 1 N–H and O–H groups in total. The number of aromatic nitrogens is 3. The second-order valence-electron chi connectivity index (χ2n) is 5.34. The second-order valence-corrected chi connectivity index (χ2v) is 5.34. The van der Waals surface area contributed by atoms with E-state index in [1.807, 2.05) is 24.3 Å². The zero-order valence-corrected chi connectivity index (χ0v) is 12.8. The van der Waals surface area contributed by atoms with Gasteiger partial charge in [0.05, 0.1) is 5.69 Å². The van der Waals surface area contributed by atoms with Crippen LogP contribution in [0, 0.1) is 0 Å². The van der Waals surface area contributed by atoms with Crippen molar-refractivity contribution in [2.45, 2.75) is 0 Å². The van der Waals surface area contributed by atoms with Crippen molar-refractivity contribution in [2.75, 3.05) is 0 Å². The van der Waals surface area contributed by atoms with Gasteiger partial charge < -0.3 is 9.52 Å². The number of carbonyl (C=O) groups excluding carboxylic acids is 1. The predicted molar refractivity (Wildman–Crippen MR) is 88.5 cm³/mol. The zero-order valence-electron chi connectivity index (χ0n) is 12.8. The van der Waals surface area contributed by atoms with Gasteiger partial charge in [0.15, 0.2) is 23.4 Å². The Balaban J connectivity index is 1.85. The van der Waals surface area contributed by atoms with Crippen molar-refractivity contribution in [3.8, 4) is 22.6 Å². The monoisotopic (exact) mass is 333 g/mol. The average Bonchev–Trinajstić information content (AvgIpc) is 3.28. The fourth-order valence-electron chi connectivity index (χ4n) is 2.62. The molecule has 7 nitrogen and oxygen atoms in total. The van der Waals surface area contributed by atoms with Crippen molar-refractivity contribution in [3.05, 3.63) is 66.2 Å². The van der Waals surface area contributed by atoms with E-state index in [4.69, 9.17) is 9.52 Å². The number of aromatic carboxylic acids is 1. The Labute approximate surface area is 141 Å². The number of fused-ring (bicyclic) bond motifs is 1. The smallest absolute Gasteiger partial charge is 0.356 e. The standard InChI is InChI=1S/C18H11N3O4/c22-10-13-4-5-16(25-13)12-3-1-2-11(8-12)15-6-7-19-17-9-14(18(23)24)20-21(15)17/h1-10H,(H,23,24). The van der Waals surface area contributed by atoms with Crippen molar-refractivity contribution in [3.63, 3.8) is 0 Å². The first-order valence-electron chi connectivity index (χ1n) is 7.39. The number of hydrogen-bond acceptors (Lipinski definition) is 5. The maximum absolute atomic E-state index is 11.1. The highest BCUT2D eigenvalue weighted by Gasteiger charge is 2.13. The molecule has 0 saturated carbocycles. The van der Waals surface area contributed by atoms with Crippen LogP contribution in [0.25, 0.3) is 28.2 Å². The second kappa shape index (κ2) is 5.72. The van der Waals surface area contributed by atoms with Crippen LogP contribution in [0.4, 0.5) is 0 Å². The molecule has 1 aromatic carbocycles. The van der Waals surface area contributed by atoms with E-state index < -0.39 is 5.97 Å². The minimum Gasteiger partial charge on any atom is -0.476 e. The topological polar surface area (TPSA) is 97.7 Å². The lowest BCUT2D eigenvalue weighted by atomic mass is 10.1. The Morgan fingerprint density at radius 2 is 1.96 bits per heavy atom. The highest BCUT2D eigenvalue weighted by molar-refractivity contribution is 5.87. The molecule has 3 heterocycles. The first-order chi connectivity index (χ1) is 12.2. The molecular formula is C18H11N3O4. The highest BCUT2D eigenvalue weighted by Crippen LogP contribution is 2.27. The van der Waals surface area contributed by atoms with Gasteiger partial charge in [-0.15, -0.1) is 0 Å². The van der Waals surface area contributed by atoms with Crippen LogP contribution in [0.3, 0.4) is 0 Å². The molecule has 0 spiro atoms. The van der Waals surface area contributed by atoms with Crippen molar-refractivity contribution in [1.82, 2.24) is 14.6 Å². The molecule has 0 radical (unpaired) electrons. The van der Waals surface area contributed by atoms with Crippen molar-refractivity contribution in [1.29, 1.82) is 0 Å². The molecule has 0 saturated heterocycles. The SMILES string of the molecule is O=Cc1ccc(-c2cccc(-c3ccnc4cc(C(=O)O)nn34)c2)o1. The summed E-state index contributed by atoms with van der Waals surface area (Å²) in [7, 11) is 0. The third-order valence-electron chi connectivity index (χ3n) is 3.76. The van der Waals surface area contributed by atoms with E-state index in [9.17, 15) is 9.59 Å². The molecule has 7 heteroatoms. The van der Waals surface area contributed by atoms with Gasteiger partial charge in [-0.1, -0.05) is 18.2 Å². The van der Waals surface area contributed by atoms with Crippen LogP contribution in [-0.2, 0) is 0 Å². The lowest BCUT2D eigenvalue weighted by molar-refractivity contribution is 0.0690. The van der Waals surface area contributed by atoms with E-state index in [1.54, 1.807) is 24.4 Å². The van der Waals surface area contributed by atoms with Gasteiger partial charge in [0.1, 0.15) is 5.76 Å². The minimum absolute atomic E-state index is 0.0715. The summed E-state index contributed by atoms with van der Waals surface area (Å²) in [6.45, 7) is 0. The molecule has 122 valence electrons. The van der Waals surface area contributed by atoms with Gasteiger partial charge in [-0.2, -0.15) is 5.10 Å². The molecular weight excluding hydrogens is 322 g/mol. The van der Waals surface area contributed by atoms with Crippen molar-refractivity contribution < 1.29 is 19.1 Å². The van der Waals surface area contributed by atoms with E-state index >= 15 is 0 Å². The maximum Gasteiger partial charge on any atom is 0.356 e. The molecule has 0 bridgehead atoms. The molecule has 0 aliphatic carbocycles. The maximum atomic E-state index is 11.1. The Morgan fingerprint density at radius 1 is 1.12 bits per heavy atom. The number of nitrogens with zero attached hydrogens (tertiary/aromatic N) is 3. The number of carboxylic acids is 1. The van der Waals surface area contributed by atoms with Crippen LogP contribution in [0.5, 0.6) is 0 Å². The van der Waals surface area contributed by atoms with Crippen LogP contribution >= 0.6 is 0 Å². The van der Waals surface area contributed by atoms with Crippen LogP contribution in [0.1, 0.15) is 21.0 Å². The molecule has 0 amide bonds. The summed E-state index contributed by atoms with van der Waals surface area (Å²) in [5.74, 6) is -0.284. The summed E-state index contributed by atoms with van der Waals surface area (Å²) in [5, 5.41) is 13.2. The van der Waals surface area contributed by atoms with Gasteiger partial charge in [-0.05, 0) is 24.3 Å². The molecule has 4 aromatic rings. The molecule has 0 aliphatic rings. The Kier molecular flexibility index (Phi) is 3.39. The lowest BCUT2D eigenvalue weighted by Gasteiger charge is -2.06. The Bertz CT molecular complexity index is 1110. The number of carbonyl (C=O) groups is 2. The van der Waals surface area contributed by atoms with Gasteiger partial charge in [0, 0.05) is 23.4 Å². The Hall–Kier alpha value is -3.74. The third-order valence-corrected chi connectivity index (χ3v) is 3.76. The summed E-state index contributed by atoms with van der Waals surface area (Å²) in [4.78, 5) is 26.1. The summed E-state index contributed by atoms with van der Waals surface area (Å²) in [6, 6.07) is 14.0. The Morgan fingerprint density at radius 3 is 2.72 bits per heavy atom. The summed E-state index contributed by atoms with van der Waals surface area (Å²) in [6.07, 6.45) is 2.25. The van der Waals surface area contributed by atoms with Gasteiger partial charge in [-0.3, -0.25) is 4.79 Å². The largest absolute Gasteiger partial charge is 0.476 e. The van der Waals surface area contributed by atoms with Crippen LogP contribution in [-0.4, -0.2) is 32.0 Å². The fraction of sp³-hybridized carbons (Fsp3) is 0. The predicted octanol–water partition coefficient (Wildman–Crippen LogP) is 3.17. The van der Waals surface area contributed by atoms with Crippen LogP contribution < -0.4 is 0 Å². The number of aldehydes is 1. The lowest BCUT2D eigenvalue weighted by Crippen LogP contribution is -1.99. The quantitative estimate of drug-likeness (QED) is 0.576. The number of rotatable bonds is 4. The van der Waals surface area contributed by atoms with Gasteiger partial charge >= 0.3 is 5.97 Å². The zero-order chi connectivity index (χ0) is 17.4. The molecule has 0 fully saturated rings. The van der Waals surface area contributed by atoms with E-state index in [-0.39, 0.29) is 11.5 Å². The van der Waals surface area contributed by atoms with Gasteiger partial charge in [-0.25, -0.2) is 14.3 Å². The molecule has 0 aliphatic heterocycles. The highest BCUT2D eigenvalue weighted by atomic mass is 16.4. The first kappa shape index (κ1) is 14.8. The number of benzene rings is 1. The summed E-state index contributed by atoms with van der Waals surface area (Å²) >= 11 is 0. The fourth-order valence-corrected chi connectivity index (χ4v) is 2.62. The van der Waals surface area contributed by atoms with Gasteiger partial charge in [0.25, 0.3) is 0 Å². The third kappa shape index (κ3) is 2.57. The van der Waals surface area contributed by atoms with Crippen LogP contribution in [0.2, 0.25) is 0 Å². The van der Waals surface area contributed by atoms with Gasteiger partial charge in [0.2, 0.25) is 0 Å². The number of carboxylic acid groups (broad SMARTS) is 1. The molecule has 4 rings (SSSR count). The normalized spacial score (nSPS) is 10.9. The van der Waals surface area contributed by atoms with E-state index in [0.29, 0.717) is 23.4 Å². The van der Waals surface area contributed by atoms with Crippen molar-refractivity contribution in [2.24, 2.45) is 0 Å². The minimum atomic E-state index is -1.11. The van der Waals surface area contributed by atoms with E-state index in [1.165, 1.54) is 10.6 Å². The number of hydrogen-bond donors (Lipinski definition) is 1. The number of furan rings is 1. The molecule has 3 aromatic heterocycles. The van der Waals surface area contributed by atoms with Crippen LogP contribution in [0.15, 0.2) is 59.1 Å². The summed E-state index contributed by atoms with van der Waals surface area (Å²) in [5.41, 5.74) is 2.68.